The molecule has 0 amide bonds. The van der Waals surface area contributed by atoms with Crippen LogP contribution in [0.5, 0.6) is 0 Å². The van der Waals surface area contributed by atoms with E-state index in [2.05, 4.69) is 20.3 Å². The van der Waals surface area contributed by atoms with E-state index in [1.807, 2.05) is 0 Å². The van der Waals surface area contributed by atoms with E-state index in [1.54, 1.807) is 0 Å². The van der Waals surface area contributed by atoms with Gasteiger partial charge in [0.25, 0.3) is 0 Å². The molecule has 6 heavy (non-hydrogen) atoms. The van der Waals surface area contributed by atoms with Gasteiger partial charge in [0.2, 0.25) is 0 Å². The van der Waals surface area contributed by atoms with Crippen LogP contribution in [0, 0.1) is 0 Å². The summed E-state index contributed by atoms with van der Waals surface area (Å²) in [7, 11) is 0.402. The number of hydrogen-bond acceptors (Lipinski definition) is 0. The topological polar surface area (TPSA) is 0 Å². The van der Waals surface area contributed by atoms with Crippen LogP contribution in [0.1, 0.15) is 6.92 Å². The third-order valence-corrected chi connectivity index (χ3v) is 1.90. The molecule has 0 spiro atoms. The molecule has 0 aromatic rings. The van der Waals surface area contributed by atoms with E-state index in [4.69, 9.17) is 0 Å². The van der Waals surface area contributed by atoms with Crippen molar-refractivity contribution in [2.24, 2.45) is 0 Å². The zero-order valence-corrected chi connectivity index (χ0v) is 5.63. The molecule has 0 heterocycles. The molecule has 0 saturated carbocycles. The largest absolute Gasteiger partial charge is 0.113 e. The fourth-order valence-electron chi connectivity index (χ4n) is 0. The summed E-state index contributed by atoms with van der Waals surface area (Å²) in [6.45, 7) is 6.80. The third kappa shape index (κ3) is 8.82. The van der Waals surface area contributed by atoms with Gasteiger partial charge in [-0.25, -0.2) is 0 Å². The van der Waals surface area contributed by atoms with Gasteiger partial charge in [-0.2, -0.15) is 0 Å². The van der Waals surface area contributed by atoms with Crippen molar-refractivity contribution >= 4 is 16.3 Å². The van der Waals surface area contributed by atoms with Crippen molar-refractivity contribution in [1.82, 2.24) is 0 Å². The van der Waals surface area contributed by atoms with Crippen LogP contribution in [0.2, 0.25) is 0 Å². The molecule has 0 aromatic carbocycles. The van der Waals surface area contributed by atoms with Crippen molar-refractivity contribution in [2.45, 2.75) is 6.92 Å². The maximum Gasteiger partial charge on any atom is 0 e. The van der Waals surface area contributed by atoms with E-state index in [1.165, 1.54) is 6.16 Å². The second-order valence-electron chi connectivity index (χ2n) is 1.40. The zero-order chi connectivity index (χ0) is 4.28. The van der Waals surface area contributed by atoms with Crippen molar-refractivity contribution in [1.29, 1.82) is 0 Å². The Kier molecular flexibility index (Phi) is 8.89. The monoisotopic (exact) mass is 101 g/mol. The molecule has 0 aromatic heterocycles. The summed E-state index contributed by atoms with van der Waals surface area (Å²) >= 11 is 0. The lowest BCUT2D eigenvalue weighted by Gasteiger charge is -1.92. The molecule has 0 aliphatic carbocycles. The van der Waals surface area contributed by atoms with Crippen LogP contribution in [-0.4, -0.2) is 27.9 Å². The Bertz CT molecular complexity index is 21.5. The fourth-order valence-corrected chi connectivity index (χ4v) is 0. The first-order valence-electron chi connectivity index (χ1n) is 1.92. The smallest absolute Gasteiger partial charge is 0 e. The lowest BCUT2D eigenvalue weighted by Crippen LogP contribution is -1.65. The first-order valence-corrected chi connectivity index (χ1v) is 4.34. The van der Waals surface area contributed by atoms with Gasteiger partial charge < -0.3 is 0 Å². The Balaban J connectivity index is 0. The molecule has 0 saturated heterocycles. The van der Waals surface area contributed by atoms with Crippen LogP contribution in [0.4, 0.5) is 0 Å². The van der Waals surface area contributed by atoms with Crippen molar-refractivity contribution < 1.29 is 0 Å². The Hall–Kier alpha value is 0.495. The molecule has 0 aliphatic rings. The summed E-state index contributed by atoms with van der Waals surface area (Å²) < 4.78 is 0. The summed E-state index contributed by atoms with van der Waals surface area (Å²) in [5.41, 5.74) is 0. The van der Waals surface area contributed by atoms with Gasteiger partial charge >= 0.3 is 0 Å². The van der Waals surface area contributed by atoms with Crippen molar-refractivity contribution in [3.63, 3.8) is 0 Å². The number of rotatable bonds is 1. The molecule has 0 atom stereocenters. The SMILES string of the molecule is CCP(C)C.[B]. The van der Waals surface area contributed by atoms with Crippen LogP contribution in [0.15, 0.2) is 0 Å². The molecule has 35 valence electrons. The van der Waals surface area contributed by atoms with Gasteiger partial charge in [0.05, 0.1) is 0 Å². The molecule has 0 aliphatic heterocycles. The summed E-state index contributed by atoms with van der Waals surface area (Å²) in [4.78, 5) is 0. The molecule has 0 fully saturated rings. The van der Waals surface area contributed by atoms with Crippen LogP contribution in [0.3, 0.4) is 0 Å². The average Bonchev–Trinajstić information content (AvgIpc) is 1.38. The summed E-state index contributed by atoms with van der Waals surface area (Å²) in [5.74, 6) is 0. The third-order valence-electron chi connectivity index (χ3n) is 0.632. The van der Waals surface area contributed by atoms with E-state index in [-0.39, 0.29) is 8.41 Å². The zero-order valence-electron chi connectivity index (χ0n) is 4.73. The highest BCUT2D eigenvalue weighted by Gasteiger charge is 1.78. The molecule has 0 nitrogen and oxygen atoms in total. The quantitative estimate of drug-likeness (QED) is 0.345. The molecule has 0 bridgehead atoms. The molecule has 2 heteroatoms. The Morgan fingerprint density at radius 3 is 1.50 bits per heavy atom. The van der Waals surface area contributed by atoms with Crippen molar-refractivity contribution in [3.05, 3.63) is 0 Å². The average molecular weight is 101 g/mol. The number of hydrogen-bond donors (Lipinski definition) is 0. The van der Waals surface area contributed by atoms with Gasteiger partial charge in [-0.05, 0) is 19.5 Å². The minimum absolute atomic E-state index is 0. The van der Waals surface area contributed by atoms with Gasteiger partial charge in [0.15, 0.2) is 0 Å². The van der Waals surface area contributed by atoms with Crippen LogP contribution < -0.4 is 0 Å². The molecule has 0 N–H and O–H groups in total. The van der Waals surface area contributed by atoms with Gasteiger partial charge in [-0.3, -0.25) is 0 Å². The van der Waals surface area contributed by atoms with Gasteiger partial charge in [-0.15, -0.1) is 7.92 Å². The summed E-state index contributed by atoms with van der Waals surface area (Å²) in [6.07, 6.45) is 1.37. The predicted molar refractivity (Wildman–Crippen MR) is 35.1 cm³/mol. The second kappa shape index (κ2) is 5.49. The lowest BCUT2D eigenvalue weighted by atomic mass is 10.8. The van der Waals surface area contributed by atoms with Crippen LogP contribution >= 0.6 is 7.92 Å². The predicted octanol–water partition coefficient (Wildman–Crippen LogP) is 1.37. The highest BCUT2D eigenvalue weighted by molar-refractivity contribution is 7.55. The lowest BCUT2D eigenvalue weighted by molar-refractivity contribution is 1.50. The molecular formula is C4H11BP. The Labute approximate surface area is 43.7 Å². The van der Waals surface area contributed by atoms with E-state index in [9.17, 15) is 0 Å². The van der Waals surface area contributed by atoms with Gasteiger partial charge in [0, 0.05) is 8.41 Å². The van der Waals surface area contributed by atoms with E-state index < -0.39 is 0 Å². The fraction of sp³-hybridized carbons (Fsp3) is 1.00. The van der Waals surface area contributed by atoms with E-state index >= 15 is 0 Å². The van der Waals surface area contributed by atoms with E-state index in [0.29, 0.717) is 7.92 Å². The minimum Gasteiger partial charge on any atom is -0.113 e. The van der Waals surface area contributed by atoms with Crippen molar-refractivity contribution in [2.75, 3.05) is 19.5 Å². The van der Waals surface area contributed by atoms with Crippen molar-refractivity contribution in [3.8, 4) is 0 Å². The first kappa shape index (κ1) is 9.71. The Morgan fingerprint density at radius 1 is 1.33 bits per heavy atom. The highest BCUT2D eigenvalue weighted by Crippen LogP contribution is 2.21. The molecule has 0 rings (SSSR count). The Morgan fingerprint density at radius 2 is 1.50 bits per heavy atom. The minimum atomic E-state index is 0. The second-order valence-corrected chi connectivity index (χ2v) is 4.19. The van der Waals surface area contributed by atoms with E-state index in [0.717, 1.165) is 0 Å². The van der Waals surface area contributed by atoms with Gasteiger partial charge in [0.1, 0.15) is 0 Å². The highest BCUT2D eigenvalue weighted by atomic mass is 31.1. The van der Waals surface area contributed by atoms with Gasteiger partial charge in [-0.1, -0.05) is 6.92 Å². The molecular weight excluding hydrogens is 89.8 g/mol. The molecule has 3 radical (unpaired) electrons. The first-order chi connectivity index (χ1) is 2.27. The van der Waals surface area contributed by atoms with Crippen LogP contribution in [0.25, 0.3) is 0 Å². The summed E-state index contributed by atoms with van der Waals surface area (Å²) in [5, 5.41) is 0. The standard InChI is InChI=1S/C4H11P.B/c1-4-5(2)3;/h4H2,1-3H3;. The maximum absolute atomic E-state index is 2.29. The normalized spacial score (nSPS) is 8.00. The molecule has 0 unspecified atom stereocenters. The summed E-state index contributed by atoms with van der Waals surface area (Å²) in [6, 6.07) is 0. The maximum atomic E-state index is 2.29. The van der Waals surface area contributed by atoms with Crippen LogP contribution in [-0.2, 0) is 0 Å².